The number of nitrogens with zero attached hydrogens (tertiary/aromatic N) is 2. The van der Waals surface area contributed by atoms with Crippen molar-refractivity contribution in [1.29, 1.82) is 0 Å². The summed E-state index contributed by atoms with van der Waals surface area (Å²) in [5.41, 5.74) is 2.70. The Morgan fingerprint density at radius 1 is 1.06 bits per heavy atom. The van der Waals surface area contributed by atoms with Crippen molar-refractivity contribution in [3.8, 4) is 0 Å². The molecule has 5 rings (SSSR count). The molecule has 0 aliphatic carbocycles. The highest BCUT2D eigenvalue weighted by Crippen LogP contribution is 2.33. The molecule has 1 aromatic heterocycles. The highest BCUT2D eigenvalue weighted by molar-refractivity contribution is 7.10. The molecular formula is C28H29N3O3S. The van der Waals surface area contributed by atoms with E-state index in [1.807, 2.05) is 47.8 Å². The Morgan fingerprint density at radius 3 is 2.54 bits per heavy atom. The molecular weight excluding hydrogens is 458 g/mol. The predicted octanol–water partition coefficient (Wildman–Crippen LogP) is 5.03. The molecule has 1 fully saturated rings. The van der Waals surface area contributed by atoms with Crippen molar-refractivity contribution in [2.24, 2.45) is 5.92 Å². The zero-order valence-electron chi connectivity index (χ0n) is 19.9. The summed E-state index contributed by atoms with van der Waals surface area (Å²) < 4.78 is 0. The standard InChI is InChI=1S/C28H29N3O3S/c1-18(2)25(24-10-6-16-35-24)29-26(32)20-13-11-19(12-14-20)17-31-22-8-4-3-7-21(22)27(33)30-15-5-9-23(30)28(31)34/h3-4,6-8,10-14,16,18,23,25H,5,9,15,17H2,1-2H3,(H,29,32)/t23-,25-/m1/s1. The van der Waals surface area contributed by atoms with Crippen LogP contribution in [0.3, 0.4) is 0 Å². The fraction of sp³-hybridized carbons (Fsp3) is 0.321. The van der Waals surface area contributed by atoms with Crippen LogP contribution in [0.5, 0.6) is 0 Å². The maximum atomic E-state index is 13.5. The largest absolute Gasteiger partial charge is 0.344 e. The van der Waals surface area contributed by atoms with Crippen LogP contribution in [0.15, 0.2) is 66.0 Å². The Morgan fingerprint density at radius 2 is 1.83 bits per heavy atom. The summed E-state index contributed by atoms with van der Waals surface area (Å²) in [5.74, 6) is 0.0330. The first-order chi connectivity index (χ1) is 16.9. The third-order valence-electron chi connectivity index (χ3n) is 6.85. The molecule has 1 saturated heterocycles. The van der Waals surface area contributed by atoms with Gasteiger partial charge in [-0.15, -0.1) is 11.3 Å². The number of para-hydroxylation sites is 1. The Balaban J connectivity index is 1.36. The van der Waals surface area contributed by atoms with Gasteiger partial charge in [0.15, 0.2) is 0 Å². The molecule has 3 amide bonds. The van der Waals surface area contributed by atoms with Crippen molar-refractivity contribution < 1.29 is 14.4 Å². The molecule has 0 saturated carbocycles. The van der Waals surface area contributed by atoms with Gasteiger partial charge in [-0.2, -0.15) is 0 Å². The normalized spacial score (nSPS) is 18.3. The highest BCUT2D eigenvalue weighted by Gasteiger charge is 2.41. The van der Waals surface area contributed by atoms with Crippen molar-refractivity contribution >= 4 is 34.7 Å². The van der Waals surface area contributed by atoms with Gasteiger partial charge in [-0.05, 0) is 60.0 Å². The molecule has 6 nitrogen and oxygen atoms in total. The highest BCUT2D eigenvalue weighted by atomic mass is 32.1. The van der Waals surface area contributed by atoms with Gasteiger partial charge in [0.25, 0.3) is 11.8 Å². The summed E-state index contributed by atoms with van der Waals surface area (Å²) >= 11 is 1.64. The second-order valence-corrected chi connectivity index (χ2v) is 10.5. The molecule has 0 spiro atoms. The molecule has 0 bridgehead atoms. The van der Waals surface area contributed by atoms with E-state index in [9.17, 15) is 14.4 Å². The molecule has 35 heavy (non-hydrogen) atoms. The van der Waals surface area contributed by atoms with Gasteiger partial charge in [0.2, 0.25) is 5.91 Å². The van der Waals surface area contributed by atoms with Crippen LogP contribution in [-0.2, 0) is 11.3 Å². The van der Waals surface area contributed by atoms with Crippen LogP contribution in [0.2, 0.25) is 0 Å². The van der Waals surface area contributed by atoms with E-state index in [4.69, 9.17) is 0 Å². The quantitative estimate of drug-likeness (QED) is 0.530. The number of hydrogen-bond acceptors (Lipinski definition) is 4. The van der Waals surface area contributed by atoms with Gasteiger partial charge in [0.1, 0.15) is 6.04 Å². The minimum absolute atomic E-state index is 0.0414. The lowest BCUT2D eigenvalue weighted by molar-refractivity contribution is -0.122. The van der Waals surface area contributed by atoms with E-state index in [0.717, 1.165) is 16.9 Å². The monoisotopic (exact) mass is 487 g/mol. The summed E-state index contributed by atoms with van der Waals surface area (Å²) in [6.45, 7) is 5.16. The molecule has 1 N–H and O–H groups in total. The number of carbonyl (C=O) groups excluding carboxylic acids is 3. The Labute approximate surface area is 209 Å². The van der Waals surface area contributed by atoms with Gasteiger partial charge in [0, 0.05) is 17.0 Å². The maximum absolute atomic E-state index is 13.5. The van der Waals surface area contributed by atoms with Crippen LogP contribution < -0.4 is 10.2 Å². The van der Waals surface area contributed by atoms with Crippen LogP contribution in [0, 0.1) is 5.92 Å². The summed E-state index contributed by atoms with van der Waals surface area (Å²) in [6, 6.07) is 18.3. The fourth-order valence-electron chi connectivity index (χ4n) is 4.98. The number of benzene rings is 2. The van der Waals surface area contributed by atoms with Gasteiger partial charge >= 0.3 is 0 Å². The molecule has 2 aliphatic heterocycles. The number of anilines is 1. The number of nitrogens with one attached hydrogen (secondary N) is 1. The number of fused-ring (bicyclic) bond motifs is 2. The van der Waals surface area contributed by atoms with E-state index >= 15 is 0 Å². The van der Waals surface area contributed by atoms with E-state index in [2.05, 4.69) is 19.2 Å². The average Bonchev–Trinajstić information content (AvgIpc) is 3.56. The zero-order valence-corrected chi connectivity index (χ0v) is 20.8. The lowest BCUT2D eigenvalue weighted by Gasteiger charge is -2.26. The minimum Gasteiger partial charge on any atom is -0.344 e. The van der Waals surface area contributed by atoms with E-state index in [-0.39, 0.29) is 29.7 Å². The van der Waals surface area contributed by atoms with Gasteiger partial charge in [-0.1, -0.05) is 44.2 Å². The van der Waals surface area contributed by atoms with Crippen LogP contribution in [0.25, 0.3) is 0 Å². The van der Waals surface area contributed by atoms with Gasteiger partial charge in [-0.25, -0.2) is 0 Å². The smallest absolute Gasteiger partial charge is 0.256 e. The Kier molecular flexibility index (Phi) is 6.43. The summed E-state index contributed by atoms with van der Waals surface area (Å²) in [6.07, 6.45) is 1.53. The van der Waals surface area contributed by atoms with Crippen LogP contribution in [0.4, 0.5) is 5.69 Å². The summed E-state index contributed by atoms with van der Waals surface area (Å²) in [7, 11) is 0. The lowest BCUT2D eigenvalue weighted by atomic mass is 10.0. The lowest BCUT2D eigenvalue weighted by Crippen LogP contribution is -2.44. The van der Waals surface area contributed by atoms with E-state index in [0.29, 0.717) is 36.3 Å². The molecule has 3 aromatic rings. The van der Waals surface area contributed by atoms with Gasteiger partial charge < -0.3 is 15.1 Å². The first-order valence-corrected chi connectivity index (χ1v) is 13.0. The Bertz CT molecular complexity index is 1240. The van der Waals surface area contributed by atoms with Crippen LogP contribution >= 0.6 is 11.3 Å². The number of thiophene rings is 1. The zero-order chi connectivity index (χ0) is 24.5. The average molecular weight is 488 g/mol. The second kappa shape index (κ2) is 9.66. The van der Waals surface area contributed by atoms with Crippen molar-refractivity contribution in [2.75, 3.05) is 11.4 Å². The molecule has 2 aromatic carbocycles. The topological polar surface area (TPSA) is 69.7 Å². The number of hydrogen-bond donors (Lipinski definition) is 1. The van der Waals surface area contributed by atoms with Gasteiger partial charge in [0.05, 0.1) is 23.8 Å². The van der Waals surface area contributed by atoms with Crippen molar-refractivity contribution in [1.82, 2.24) is 10.2 Å². The minimum atomic E-state index is -0.412. The third-order valence-corrected chi connectivity index (χ3v) is 7.81. The molecule has 180 valence electrons. The summed E-state index contributed by atoms with van der Waals surface area (Å²) in [5, 5.41) is 5.18. The summed E-state index contributed by atoms with van der Waals surface area (Å²) in [4.78, 5) is 44.1. The number of rotatable bonds is 6. The van der Waals surface area contributed by atoms with Crippen molar-refractivity contribution in [3.05, 3.63) is 87.6 Å². The maximum Gasteiger partial charge on any atom is 0.256 e. The van der Waals surface area contributed by atoms with E-state index in [1.54, 1.807) is 39.3 Å². The van der Waals surface area contributed by atoms with E-state index in [1.165, 1.54) is 0 Å². The number of amides is 3. The fourth-order valence-corrected chi connectivity index (χ4v) is 5.93. The van der Waals surface area contributed by atoms with Crippen LogP contribution in [-0.4, -0.2) is 35.2 Å². The van der Waals surface area contributed by atoms with Crippen LogP contribution in [0.1, 0.15) is 63.9 Å². The number of carbonyl (C=O) groups is 3. The Hall–Kier alpha value is -3.45. The molecule has 3 heterocycles. The van der Waals surface area contributed by atoms with Crippen molar-refractivity contribution in [2.45, 2.75) is 45.3 Å². The first kappa shape index (κ1) is 23.3. The second-order valence-electron chi connectivity index (χ2n) is 9.51. The molecule has 2 atom stereocenters. The van der Waals surface area contributed by atoms with Gasteiger partial charge in [-0.3, -0.25) is 14.4 Å². The SMILES string of the molecule is CC(C)[C@@H](NC(=O)c1ccc(CN2C(=O)[C@H]3CCCN3C(=O)c3ccccc32)cc1)c1cccs1. The van der Waals surface area contributed by atoms with Crippen molar-refractivity contribution in [3.63, 3.8) is 0 Å². The predicted molar refractivity (Wildman–Crippen MR) is 137 cm³/mol. The first-order valence-electron chi connectivity index (χ1n) is 12.1. The molecule has 7 heteroatoms. The molecule has 0 radical (unpaired) electrons. The molecule has 0 unspecified atom stereocenters. The molecule has 2 aliphatic rings. The van der Waals surface area contributed by atoms with E-state index < -0.39 is 6.04 Å². The third kappa shape index (κ3) is 4.48.